The van der Waals surface area contributed by atoms with Gasteiger partial charge in [0.1, 0.15) is 24.5 Å². The summed E-state index contributed by atoms with van der Waals surface area (Å²) >= 11 is 0. The highest BCUT2D eigenvalue weighted by Crippen LogP contribution is 2.17. The van der Waals surface area contributed by atoms with Gasteiger partial charge >= 0.3 is 0 Å². The van der Waals surface area contributed by atoms with Gasteiger partial charge in [0.15, 0.2) is 0 Å². The van der Waals surface area contributed by atoms with Crippen molar-refractivity contribution >= 4 is 0 Å². The third kappa shape index (κ3) is 2.89. The van der Waals surface area contributed by atoms with E-state index in [1.807, 2.05) is 0 Å². The van der Waals surface area contributed by atoms with Crippen LogP contribution in [0, 0.1) is 0 Å². The van der Waals surface area contributed by atoms with Crippen LogP contribution in [0.3, 0.4) is 0 Å². The van der Waals surface area contributed by atoms with Crippen molar-refractivity contribution in [1.29, 1.82) is 0 Å². The van der Waals surface area contributed by atoms with Crippen LogP contribution < -0.4 is 4.57 Å². The van der Waals surface area contributed by atoms with Crippen LogP contribution in [0.25, 0.3) is 0 Å². The molecule has 0 saturated heterocycles. The molecule has 1 heterocycles. The molecular formula is C19H21N2+. The number of nitrogens with zero attached hydrogens (tertiary/aromatic N) is 2. The Hall–Kier alpha value is -2.35. The predicted octanol–water partition coefficient (Wildman–Crippen LogP) is 3.99. The number of hydrogen-bond donors (Lipinski definition) is 0. The predicted molar refractivity (Wildman–Crippen MR) is 85.1 cm³/mol. The lowest BCUT2D eigenvalue weighted by molar-refractivity contribution is -0.710. The van der Waals surface area contributed by atoms with Crippen LogP contribution in [0.1, 0.15) is 37.1 Å². The Kier molecular flexibility index (Phi) is 3.87. The second-order valence-corrected chi connectivity index (χ2v) is 5.48. The molecule has 0 spiro atoms. The van der Waals surface area contributed by atoms with Crippen molar-refractivity contribution in [2.45, 2.75) is 25.9 Å². The molecule has 0 radical (unpaired) electrons. The quantitative estimate of drug-likeness (QED) is 0.638. The highest BCUT2D eigenvalue weighted by atomic mass is 15.1. The molecule has 106 valence electrons. The SMILES string of the molecule is CC(c1ccccc1)n1cc[n+](C(C)c2ccccc2)c1. The summed E-state index contributed by atoms with van der Waals surface area (Å²) in [5.74, 6) is 0. The molecule has 0 N–H and O–H groups in total. The fraction of sp³-hybridized carbons (Fsp3) is 0.211. The molecule has 2 atom stereocenters. The molecular weight excluding hydrogens is 256 g/mol. The molecule has 0 aliphatic heterocycles. The molecule has 0 fully saturated rings. The lowest BCUT2D eigenvalue weighted by Gasteiger charge is -2.09. The van der Waals surface area contributed by atoms with E-state index in [0.29, 0.717) is 12.1 Å². The molecule has 2 nitrogen and oxygen atoms in total. The lowest BCUT2D eigenvalue weighted by atomic mass is 10.1. The summed E-state index contributed by atoms with van der Waals surface area (Å²) in [5.41, 5.74) is 2.65. The van der Waals surface area contributed by atoms with E-state index in [-0.39, 0.29) is 0 Å². The van der Waals surface area contributed by atoms with E-state index in [1.165, 1.54) is 11.1 Å². The number of imidazole rings is 1. The minimum Gasteiger partial charge on any atom is -0.230 e. The Morgan fingerprint density at radius 3 is 2.00 bits per heavy atom. The summed E-state index contributed by atoms with van der Waals surface area (Å²) in [6, 6.07) is 21.9. The van der Waals surface area contributed by atoms with Gasteiger partial charge in [-0.05, 0) is 25.0 Å². The minimum atomic E-state index is 0.343. The van der Waals surface area contributed by atoms with Gasteiger partial charge in [0, 0.05) is 0 Å². The summed E-state index contributed by atoms with van der Waals surface area (Å²) < 4.78 is 4.52. The third-order valence-electron chi connectivity index (χ3n) is 4.14. The first kappa shape index (κ1) is 13.6. The summed E-state index contributed by atoms with van der Waals surface area (Å²) in [6.07, 6.45) is 6.49. The van der Waals surface area contributed by atoms with Crippen molar-refractivity contribution in [3.63, 3.8) is 0 Å². The molecule has 2 unspecified atom stereocenters. The van der Waals surface area contributed by atoms with Gasteiger partial charge in [-0.25, -0.2) is 9.13 Å². The van der Waals surface area contributed by atoms with Crippen molar-refractivity contribution in [2.24, 2.45) is 0 Å². The first-order chi connectivity index (χ1) is 10.3. The molecule has 3 rings (SSSR count). The average molecular weight is 277 g/mol. The Balaban J connectivity index is 1.84. The summed E-state index contributed by atoms with van der Waals surface area (Å²) in [6.45, 7) is 4.46. The van der Waals surface area contributed by atoms with Gasteiger partial charge in [-0.1, -0.05) is 60.7 Å². The monoisotopic (exact) mass is 277 g/mol. The molecule has 3 aromatic rings. The molecule has 1 aromatic heterocycles. The maximum atomic E-state index is 2.26. The van der Waals surface area contributed by atoms with Gasteiger partial charge in [0.05, 0.1) is 0 Å². The lowest BCUT2D eigenvalue weighted by Crippen LogP contribution is -2.36. The van der Waals surface area contributed by atoms with E-state index in [1.54, 1.807) is 0 Å². The molecule has 21 heavy (non-hydrogen) atoms. The van der Waals surface area contributed by atoms with Crippen molar-refractivity contribution in [3.05, 3.63) is 90.5 Å². The van der Waals surface area contributed by atoms with Crippen molar-refractivity contribution in [2.75, 3.05) is 0 Å². The van der Waals surface area contributed by atoms with Gasteiger partial charge < -0.3 is 0 Å². The summed E-state index contributed by atoms with van der Waals surface area (Å²) in [7, 11) is 0. The summed E-state index contributed by atoms with van der Waals surface area (Å²) in [4.78, 5) is 0. The van der Waals surface area contributed by atoms with E-state index >= 15 is 0 Å². The smallest absolute Gasteiger partial charge is 0.230 e. The van der Waals surface area contributed by atoms with E-state index < -0.39 is 0 Å². The Labute approximate surface area is 126 Å². The molecule has 0 aliphatic rings. The Morgan fingerprint density at radius 2 is 1.38 bits per heavy atom. The Bertz CT molecular complexity index is 626. The van der Waals surface area contributed by atoms with Crippen LogP contribution in [0.4, 0.5) is 0 Å². The molecule has 2 heteroatoms. The standard InChI is InChI=1S/C19H21N2/c1-16(18-9-5-3-6-10-18)20-13-14-21(15-20)17(2)19-11-7-4-8-12-19/h3-17H,1-2H3/q+1. The van der Waals surface area contributed by atoms with Gasteiger partial charge in [-0.2, -0.15) is 0 Å². The molecule has 0 saturated carbocycles. The van der Waals surface area contributed by atoms with Gasteiger partial charge in [0.25, 0.3) is 0 Å². The number of benzene rings is 2. The van der Waals surface area contributed by atoms with E-state index in [9.17, 15) is 0 Å². The largest absolute Gasteiger partial charge is 0.244 e. The minimum absolute atomic E-state index is 0.343. The highest BCUT2D eigenvalue weighted by molar-refractivity contribution is 5.19. The first-order valence-electron chi connectivity index (χ1n) is 7.44. The maximum absolute atomic E-state index is 2.26. The van der Waals surface area contributed by atoms with Crippen molar-refractivity contribution in [3.8, 4) is 0 Å². The maximum Gasteiger partial charge on any atom is 0.244 e. The number of hydrogen-bond acceptors (Lipinski definition) is 0. The zero-order chi connectivity index (χ0) is 14.7. The molecule has 2 aromatic carbocycles. The van der Waals surface area contributed by atoms with Crippen LogP contribution in [0.5, 0.6) is 0 Å². The molecule has 0 amide bonds. The molecule has 0 bridgehead atoms. The highest BCUT2D eigenvalue weighted by Gasteiger charge is 2.17. The van der Waals surface area contributed by atoms with Crippen molar-refractivity contribution < 1.29 is 4.57 Å². The van der Waals surface area contributed by atoms with E-state index in [4.69, 9.17) is 0 Å². The topological polar surface area (TPSA) is 8.81 Å². The fourth-order valence-electron chi connectivity index (χ4n) is 2.65. The third-order valence-corrected chi connectivity index (χ3v) is 4.14. The summed E-state index contributed by atoms with van der Waals surface area (Å²) in [5, 5.41) is 0. The van der Waals surface area contributed by atoms with Gasteiger partial charge in [0.2, 0.25) is 6.33 Å². The normalized spacial score (nSPS) is 13.8. The van der Waals surface area contributed by atoms with E-state index in [0.717, 1.165) is 0 Å². The van der Waals surface area contributed by atoms with Crippen LogP contribution >= 0.6 is 0 Å². The van der Waals surface area contributed by atoms with Crippen LogP contribution in [0.2, 0.25) is 0 Å². The number of rotatable bonds is 4. The van der Waals surface area contributed by atoms with Crippen LogP contribution in [-0.2, 0) is 0 Å². The van der Waals surface area contributed by atoms with E-state index in [2.05, 4.69) is 102 Å². The molecule has 0 aliphatic carbocycles. The van der Waals surface area contributed by atoms with Crippen molar-refractivity contribution in [1.82, 2.24) is 4.57 Å². The zero-order valence-corrected chi connectivity index (χ0v) is 12.6. The van der Waals surface area contributed by atoms with Gasteiger partial charge in [-0.15, -0.1) is 0 Å². The second kappa shape index (κ2) is 5.96. The average Bonchev–Trinajstić information content (AvgIpc) is 3.05. The second-order valence-electron chi connectivity index (χ2n) is 5.48. The van der Waals surface area contributed by atoms with Crippen LogP contribution in [-0.4, -0.2) is 4.57 Å². The van der Waals surface area contributed by atoms with Crippen LogP contribution in [0.15, 0.2) is 79.4 Å². The van der Waals surface area contributed by atoms with Gasteiger partial charge in [-0.3, -0.25) is 0 Å². The Morgan fingerprint density at radius 1 is 0.810 bits per heavy atom. The fourth-order valence-corrected chi connectivity index (χ4v) is 2.65. The first-order valence-corrected chi connectivity index (χ1v) is 7.44. The number of aromatic nitrogens is 2. The zero-order valence-electron chi connectivity index (χ0n) is 12.6.